The maximum Gasteiger partial charge on any atom is 0.407 e. The van der Waals surface area contributed by atoms with Crippen LogP contribution in [0.2, 0.25) is 0 Å². The zero-order valence-electron chi connectivity index (χ0n) is 19.5. The zero-order valence-corrected chi connectivity index (χ0v) is 19.5. The maximum absolute atomic E-state index is 13.1. The van der Waals surface area contributed by atoms with Gasteiger partial charge in [-0.05, 0) is 44.7 Å². The molecular weight excluding hydrogens is 440 g/mol. The van der Waals surface area contributed by atoms with Crippen LogP contribution >= 0.6 is 0 Å². The second-order valence-electron chi connectivity index (χ2n) is 8.45. The summed E-state index contributed by atoms with van der Waals surface area (Å²) in [6.07, 6.45) is 1.95. The van der Waals surface area contributed by atoms with Crippen LogP contribution in [0.1, 0.15) is 49.5 Å². The number of amides is 3. The van der Waals surface area contributed by atoms with E-state index < -0.39 is 41.9 Å². The van der Waals surface area contributed by atoms with Crippen molar-refractivity contribution in [1.29, 1.82) is 0 Å². The molecule has 1 aromatic heterocycles. The van der Waals surface area contributed by atoms with Gasteiger partial charge >= 0.3 is 12.1 Å². The predicted molar refractivity (Wildman–Crippen MR) is 125 cm³/mol. The average Bonchev–Trinajstić information content (AvgIpc) is 3.40. The molecule has 1 saturated carbocycles. The number of nitrogens with zero attached hydrogens (tertiary/aromatic N) is 1. The van der Waals surface area contributed by atoms with E-state index in [1.807, 2.05) is 24.3 Å². The second kappa shape index (κ2) is 11.5. The number of fused-ring (bicyclic) bond motifs is 1. The number of nitrogens with one attached hydrogen (secondary N) is 3. The number of aromatic nitrogens is 1. The molecule has 3 atom stereocenters. The van der Waals surface area contributed by atoms with Crippen LogP contribution in [0.5, 0.6) is 0 Å². The van der Waals surface area contributed by atoms with E-state index in [0.29, 0.717) is 25.0 Å². The number of ether oxygens (including phenoxy) is 1. The molecule has 10 nitrogen and oxygen atoms in total. The summed E-state index contributed by atoms with van der Waals surface area (Å²) in [5.41, 5.74) is 1.30. The Morgan fingerprint density at radius 3 is 2.68 bits per heavy atom. The first-order valence-corrected chi connectivity index (χ1v) is 11.6. The summed E-state index contributed by atoms with van der Waals surface area (Å²) in [7, 11) is 1.78. The number of aliphatic carboxylic acids is 1. The van der Waals surface area contributed by atoms with Gasteiger partial charge in [0.25, 0.3) is 5.91 Å². The molecule has 1 aliphatic rings. The Morgan fingerprint density at radius 1 is 1.21 bits per heavy atom. The van der Waals surface area contributed by atoms with Crippen LogP contribution in [0.4, 0.5) is 4.79 Å². The Labute approximate surface area is 198 Å². The van der Waals surface area contributed by atoms with E-state index in [1.165, 1.54) is 0 Å². The van der Waals surface area contributed by atoms with Crippen LogP contribution in [-0.4, -0.2) is 58.8 Å². The third-order valence-electron chi connectivity index (χ3n) is 6.18. The monoisotopic (exact) mass is 472 g/mol. The van der Waals surface area contributed by atoms with Gasteiger partial charge in [-0.2, -0.15) is 0 Å². The third kappa shape index (κ3) is 6.06. The minimum absolute atomic E-state index is 0.254. The lowest BCUT2D eigenvalue weighted by Gasteiger charge is -2.23. The van der Waals surface area contributed by atoms with Crippen molar-refractivity contribution in [2.45, 2.75) is 51.1 Å². The highest BCUT2D eigenvalue weighted by molar-refractivity contribution is 6.00. The van der Waals surface area contributed by atoms with E-state index in [2.05, 4.69) is 16.0 Å². The Bertz CT molecular complexity index is 1050. The fourth-order valence-electron chi connectivity index (χ4n) is 4.40. The topological polar surface area (TPSA) is 139 Å². The van der Waals surface area contributed by atoms with Crippen LogP contribution in [0.15, 0.2) is 30.3 Å². The van der Waals surface area contributed by atoms with Crippen LogP contribution in [0.25, 0.3) is 10.9 Å². The molecule has 0 bridgehead atoms. The van der Waals surface area contributed by atoms with Gasteiger partial charge in [0.15, 0.2) is 0 Å². The third-order valence-corrected chi connectivity index (χ3v) is 6.18. The number of benzene rings is 1. The summed E-state index contributed by atoms with van der Waals surface area (Å²) < 4.78 is 6.59. The molecule has 0 saturated heterocycles. The van der Waals surface area contributed by atoms with Gasteiger partial charge in [0, 0.05) is 30.5 Å². The van der Waals surface area contributed by atoms with E-state index in [1.54, 1.807) is 24.6 Å². The van der Waals surface area contributed by atoms with Gasteiger partial charge in [0.1, 0.15) is 11.7 Å². The lowest BCUT2D eigenvalue weighted by molar-refractivity contribution is -0.142. The van der Waals surface area contributed by atoms with Gasteiger partial charge in [-0.15, -0.1) is 0 Å². The van der Waals surface area contributed by atoms with E-state index in [0.717, 1.165) is 17.3 Å². The minimum Gasteiger partial charge on any atom is -0.481 e. The molecule has 2 aromatic rings. The molecule has 1 fully saturated rings. The van der Waals surface area contributed by atoms with E-state index in [4.69, 9.17) is 4.74 Å². The Kier molecular flexibility index (Phi) is 8.50. The van der Waals surface area contributed by atoms with E-state index in [-0.39, 0.29) is 19.6 Å². The number of carbonyl (C=O) groups excluding carboxylic acids is 3. The average molecular weight is 473 g/mol. The summed E-state index contributed by atoms with van der Waals surface area (Å²) in [6.45, 7) is 2.23. The Balaban J connectivity index is 1.70. The fourth-order valence-corrected chi connectivity index (χ4v) is 4.40. The predicted octanol–water partition coefficient (Wildman–Crippen LogP) is 2.17. The number of hydrogen-bond acceptors (Lipinski definition) is 5. The molecule has 10 heteroatoms. The van der Waals surface area contributed by atoms with Crippen molar-refractivity contribution in [2.75, 3.05) is 13.2 Å². The number of rotatable bonds is 10. The van der Waals surface area contributed by atoms with Crippen molar-refractivity contribution >= 4 is 34.8 Å². The molecular formula is C24H32N4O6. The van der Waals surface area contributed by atoms with Gasteiger partial charge in [-0.3, -0.25) is 14.4 Å². The normalized spacial score (nSPS) is 18.3. The number of aryl methyl sites for hydroxylation is 1. The van der Waals surface area contributed by atoms with E-state index in [9.17, 15) is 24.3 Å². The first kappa shape index (κ1) is 25.1. The highest BCUT2D eigenvalue weighted by Gasteiger charge is 2.35. The van der Waals surface area contributed by atoms with Gasteiger partial charge in [-0.25, -0.2) is 4.79 Å². The fraction of sp³-hybridized carbons (Fsp3) is 0.500. The quantitative estimate of drug-likeness (QED) is 0.391. The standard InChI is InChI=1S/C24H32N4O6/c1-3-34-24(33)25-13-7-11-18(21(29)26-17-10-6-9-16(17)23(31)32)27-22(30)20-14-15-8-4-5-12-19(15)28(20)2/h4-5,8,12,14,16-18H,3,6-7,9-11,13H2,1-2H3,(H,25,33)(H,26,29)(H,27,30)(H,31,32)/t16-,17+,18+/m1/s1. The summed E-state index contributed by atoms with van der Waals surface area (Å²) in [4.78, 5) is 49.2. The highest BCUT2D eigenvalue weighted by Crippen LogP contribution is 2.26. The number of hydrogen-bond donors (Lipinski definition) is 4. The van der Waals surface area contributed by atoms with Crippen molar-refractivity contribution in [3.8, 4) is 0 Å². The lowest BCUT2D eigenvalue weighted by Crippen LogP contribution is -2.51. The first-order chi connectivity index (χ1) is 16.3. The maximum atomic E-state index is 13.1. The molecule has 0 spiro atoms. The number of para-hydroxylation sites is 1. The minimum atomic E-state index is -0.933. The highest BCUT2D eigenvalue weighted by atomic mass is 16.5. The smallest absolute Gasteiger partial charge is 0.407 e. The van der Waals surface area contributed by atoms with Crippen molar-refractivity contribution in [3.63, 3.8) is 0 Å². The molecule has 4 N–H and O–H groups in total. The van der Waals surface area contributed by atoms with Crippen molar-refractivity contribution in [2.24, 2.45) is 13.0 Å². The molecule has 0 radical (unpaired) electrons. The lowest BCUT2D eigenvalue weighted by atomic mass is 10.0. The number of carbonyl (C=O) groups is 4. The van der Waals surface area contributed by atoms with Crippen molar-refractivity contribution in [3.05, 3.63) is 36.0 Å². The van der Waals surface area contributed by atoms with Crippen LogP contribution in [0.3, 0.4) is 0 Å². The molecule has 0 unspecified atom stereocenters. The van der Waals surface area contributed by atoms with Gasteiger partial charge in [-0.1, -0.05) is 24.6 Å². The molecule has 1 aromatic carbocycles. The number of carboxylic acid groups (broad SMARTS) is 1. The Hall–Kier alpha value is -3.56. The molecule has 3 amide bonds. The van der Waals surface area contributed by atoms with Crippen LogP contribution < -0.4 is 16.0 Å². The molecule has 1 aliphatic carbocycles. The summed E-state index contributed by atoms with van der Waals surface area (Å²) >= 11 is 0. The first-order valence-electron chi connectivity index (χ1n) is 11.6. The van der Waals surface area contributed by atoms with Crippen LogP contribution in [-0.2, 0) is 21.4 Å². The zero-order chi connectivity index (χ0) is 24.7. The molecule has 1 heterocycles. The van der Waals surface area contributed by atoms with Crippen molar-refractivity contribution in [1.82, 2.24) is 20.5 Å². The summed E-state index contributed by atoms with van der Waals surface area (Å²) in [6, 6.07) is 7.99. The summed E-state index contributed by atoms with van der Waals surface area (Å²) in [5.74, 6) is -2.40. The number of carboxylic acids is 1. The molecule has 3 rings (SSSR count). The molecule has 184 valence electrons. The van der Waals surface area contributed by atoms with E-state index >= 15 is 0 Å². The van der Waals surface area contributed by atoms with Gasteiger partial charge in [0.2, 0.25) is 5.91 Å². The number of alkyl carbamates (subject to hydrolysis) is 1. The summed E-state index contributed by atoms with van der Waals surface area (Å²) in [5, 5.41) is 18.6. The molecule has 0 aliphatic heterocycles. The van der Waals surface area contributed by atoms with Gasteiger partial charge < -0.3 is 30.4 Å². The van der Waals surface area contributed by atoms with Crippen molar-refractivity contribution < 1.29 is 29.0 Å². The largest absolute Gasteiger partial charge is 0.481 e. The Morgan fingerprint density at radius 2 is 1.97 bits per heavy atom. The SMILES string of the molecule is CCOC(=O)NCCC[C@H](NC(=O)c1cc2ccccc2n1C)C(=O)N[C@H]1CCC[C@H]1C(=O)O. The molecule has 34 heavy (non-hydrogen) atoms. The van der Waals surface area contributed by atoms with Gasteiger partial charge in [0.05, 0.1) is 12.5 Å². The van der Waals surface area contributed by atoms with Crippen LogP contribution in [0, 0.1) is 5.92 Å². The second-order valence-corrected chi connectivity index (χ2v) is 8.45.